The Kier molecular flexibility index (Phi) is 8.24. The molecule has 2 amide bonds. The van der Waals surface area contributed by atoms with Crippen molar-refractivity contribution >= 4 is 23.6 Å². The van der Waals surface area contributed by atoms with Gasteiger partial charge in [-0.25, -0.2) is 4.98 Å². The first-order chi connectivity index (χ1) is 14.7. The molecule has 166 valence electrons. The smallest absolute Gasteiger partial charge is 0.280 e. The van der Waals surface area contributed by atoms with Crippen molar-refractivity contribution in [1.82, 2.24) is 20.6 Å². The summed E-state index contributed by atoms with van der Waals surface area (Å²) >= 11 is 0. The SMILES string of the molecule is CCc1cc(CC(=O)NCCN=C(N)NC(=O)c2nc(C)c(F)nc2N)ccc1OC. The van der Waals surface area contributed by atoms with Gasteiger partial charge >= 0.3 is 0 Å². The zero-order valence-electron chi connectivity index (χ0n) is 17.7. The van der Waals surface area contributed by atoms with Crippen LogP contribution in [0, 0.1) is 12.9 Å². The minimum absolute atomic E-state index is 0.0690. The highest BCUT2D eigenvalue weighted by atomic mass is 19.1. The van der Waals surface area contributed by atoms with E-state index in [1.54, 1.807) is 7.11 Å². The summed E-state index contributed by atoms with van der Waals surface area (Å²) < 4.78 is 18.6. The number of rotatable bonds is 8. The number of aromatic nitrogens is 2. The van der Waals surface area contributed by atoms with Gasteiger partial charge in [0.25, 0.3) is 5.91 Å². The van der Waals surface area contributed by atoms with E-state index in [0.29, 0.717) is 0 Å². The van der Waals surface area contributed by atoms with Crippen molar-refractivity contribution in [2.24, 2.45) is 10.7 Å². The third kappa shape index (κ3) is 6.63. The van der Waals surface area contributed by atoms with Gasteiger partial charge in [0.05, 0.1) is 25.8 Å². The molecule has 2 rings (SSSR count). The number of nitrogens with two attached hydrogens (primary N) is 2. The van der Waals surface area contributed by atoms with Gasteiger partial charge in [0.2, 0.25) is 11.9 Å². The maximum Gasteiger partial charge on any atom is 0.280 e. The van der Waals surface area contributed by atoms with Crippen LogP contribution in [0.5, 0.6) is 5.75 Å². The van der Waals surface area contributed by atoms with Crippen LogP contribution in [0.2, 0.25) is 0 Å². The number of hydrogen-bond acceptors (Lipinski definition) is 7. The number of nitrogens with zero attached hydrogens (tertiary/aromatic N) is 3. The minimum atomic E-state index is -0.855. The Morgan fingerprint density at radius 1 is 1.29 bits per heavy atom. The van der Waals surface area contributed by atoms with E-state index in [2.05, 4.69) is 25.6 Å². The van der Waals surface area contributed by atoms with Gasteiger partial charge in [0.1, 0.15) is 5.75 Å². The van der Waals surface area contributed by atoms with Crippen LogP contribution in [-0.2, 0) is 17.6 Å². The lowest BCUT2D eigenvalue weighted by atomic mass is 10.0. The fourth-order valence-electron chi connectivity index (χ4n) is 2.73. The number of nitrogen functional groups attached to an aromatic ring is 1. The number of ether oxygens (including phenoxy) is 1. The number of aryl methyl sites for hydroxylation is 2. The molecule has 0 radical (unpaired) electrons. The summed E-state index contributed by atoms with van der Waals surface area (Å²) in [7, 11) is 1.61. The zero-order valence-corrected chi connectivity index (χ0v) is 17.7. The highest BCUT2D eigenvalue weighted by molar-refractivity contribution is 6.06. The molecule has 0 aliphatic heterocycles. The Bertz CT molecular complexity index is 995. The monoisotopic (exact) mass is 431 g/mol. The van der Waals surface area contributed by atoms with E-state index in [4.69, 9.17) is 16.2 Å². The van der Waals surface area contributed by atoms with Gasteiger partial charge in [-0.05, 0) is 30.5 Å². The van der Waals surface area contributed by atoms with Crippen LogP contribution < -0.4 is 26.8 Å². The first-order valence-electron chi connectivity index (χ1n) is 9.58. The predicted octanol–water partition coefficient (Wildman–Crippen LogP) is 0.481. The molecule has 1 heterocycles. The number of hydrogen-bond donors (Lipinski definition) is 4. The number of aliphatic imine (C=N–C) groups is 1. The maximum atomic E-state index is 13.3. The molecule has 11 heteroatoms. The van der Waals surface area contributed by atoms with Gasteiger partial charge in [-0.1, -0.05) is 19.1 Å². The summed E-state index contributed by atoms with van der Waals surface area (Å²) in [5.74, 6) is -1.54. The Hall–Kier alpha value is -3.76. The largest absolute Gasteiger partial charge is 0.496 e. The van der Waals surface area contributed by atoms with Crippen LogP contribution >= 0.6 is 0 Å². The van der Waals surface area contributed by atoms with Crippen LogP contribution in [-0.4, -0.2) is 47.9 Å². The average molecular weight is 431 g/mol. The Labute approximate surface area is 179 Å². The van der Waals surface area contributed by atoms with E-state index in [0.717, 1.165) is 23.3 Å². The van der Waals surface area contributed by atoms with Crippen molar-refractivity contribution in [3.05, 3.63) is 46.7 Å². The van der Waals surface area contributed by atoms with Crippen molar-refractivity contribution in [2.45, 2.75) is 26.7 Å². The average Bonchev–Trinajstić information content (AvgIpc) is 2.73. The first-order valence-corrected chi connectivity index (χ1v) is 9.58. The molecule has 1 aromatic carbocycles. The summed E-state index contributed by atoms with van der Waals surface area (Å²) in [6.07, 6.45) is 1.02. The van der Waals surface area contributed by atoms with Gasteiger partial charge in [-0.3, -0.25) is 19.9 Å². The molecule has 0 aliphatic rings. The molecular weight excluding hydrogens is 405 g/mol. The predicted molar refractivity (Wildman–Crippen MR) is 114 cm³/mol. The Morgan fingerprint density at radius 2 is 2.03 bits per heavy atom. The number of methoxy groups -OCH3 is 1. The van der Waals surface area contributed by atoms with Crippen molar-refractivity contribution < 1.29 is 18.7 Å². The van der Waals surface area contributed by atoms with Gasteiger partial charge < -0.3 is 21.5 Å². The summed E-state index contributed by atoms with van der Waals surface area (Å²) in [6, 6.07) is 5.62. The topological polar surface area (TPSA) is 158 Å². The molecule has 0 fully saturated rings. The Balaban J connectivity index is 1.82. The van der Waals surface area contributed by atoms with E-state index in [1.807, 2.05) is 25.1 Å². The summed E-state index contributed by atoms with van der Waals surface area (Å²) in [5, 5.41) is 5.03. The molecule has 0 atom stereocenters. The summed E-state index contributed by atoms with van der Waals surface area (Å²) in [5.41, 5.74) is 12.8. The molecule has 31 heavy (non-hydrogen) atoms. The number of benzene rings is 1. The second-order valence-corrected chi connectivity index (χ2v) is 6.58. The van der Waals surface area contributed by atoms with E-state index in [-0.39, 0.29) is 48.6 Å². The molecule has 0 aliphatic carbocycles. The molecule has 0 unspecified atom stereocenters. The first kappa shape index (κ1) is 23.5. The lowest BCUT2D eigenvalue weighted by molar-refractivity contribution is -0.120. The van der Waals surface area contributed by atoms with Gasteiger partial charge in [-0.15, -0.1) is 0 Å². The highest BCUT2D eigenvalue weighted by Crippen LogP contribution is 2.20. The molecule has 1 aromatic heterocycles. The molecule has 10 nitrogen and oxygen atoms in total. The fourth-order valence-corrected chi connectivity index (χ4v) is 2.73. The van der Waals surface area contributed by atoms with E-state index < -0.39 is 11.9 Å². The number of halogens is 1. The van der Waals surface area contributed by atoms with Crippen LogP contribution in [0.4, 0.5) is 10.2 Å². The highest BCUT2D eigenvalue weighted by Gasteiger charge is 2.16. The number of nitrogens with one attached hydrogen (secondary N) is 2. The van der Waals surface area contributed by atoms with Crippen molar-refractivity contribution in [1.29, 1.82) is 0 Å². The number of carbonyl (C=O) groups is 2. The molecule has 0 spiro atoms. The quantitative estimate of drug-likeness (QED) is 0.269. The van der Waals surface area contributed by atoms with Gasteiger partial charge in [-0.2, -0.15) is 9.37 Å². The van der Waals surface area contributed by atoms with Crippen molar-refractivity contribution in [2.75, 3.05) is 25.9 Å². The summed E-state index contributed by atoms with van der Waals surface area (Å²) in [6.45, 7) is 3.74. The van der Waals surface area contributed by atoms with E-state index in [1.165, 1.54) is 6.92 Å². The van der Waals surface area contributed by atoms with Crippen LogP contribution in [0.3, 0.4) is 0 Å². The van der Waals surface area contributed by atoms with Gasteiger partial charge in [0.15, 0.2) is 17.5 Å². The molecule has 0 bridgehead atoms. The van der Waals surface area contributed by atoms with Crippen LogP contribution in [0.15, 0.2) is 23.2 Å². The zero-order chi connectivity index (χ0) is 23.0. The molecule has 0 saturated carbocycles. The van der Waals surface area contributed by atoms with Crippen molar-refractivity contribution in [3.63, 3.8) is 0 Å². The second-order valence-electron chi connectivity index (χ2n) is 6.58. The molecule has 0 saturated heterocycles. The summed E-state index contributed by atoms with van der Waals surface area (Å²) in [4.78, 5) is 35.4. The number of amides is 2. The standard InChI is InChI=1S/C20H26FN7O3/c1-4-13-9-12(5-6-14(13)31-3)10-15(29)24-7-8-25-20(23)28-19(30)16-18(22)27-17(21)11(2)26-16/h5-6,9H,4,7-8,10H2,1-3H3,(H2,22,27)(H,24,29)(H3,23,25,28,30). The lowest BCUT2D eigenvalue weighted by Crippen LogP contribution is -2.38. The molecule has 2 aromatic rings. The van der Waals surface area contributed by atoms with Gasteiger partial charge in [0, 0.05) is 6.54 Å². The minimum Gasteiger partial charge on any atom is -0.496 e. The van der Waals surface area contributed by atoms with Crippen LogP contribution in [0.1, 0.15) is 34.2 Å². The van der Waals surface area contributed by atoms with Crippen LogP contribution in [0.25, 0.3) is 0 Å². The third-order valence-corrected chi connectivity index (χ3v) is 4.30. The Morgan fingerprint density at radius 3 is 2.71 bits per heavy atom. The van der Waals surface area contributed by atoms with E-state index >= 15 is 0 Å². The second kappa shape index (κ2) is 10.9. The third-order valence-electron chi connectivity index (χ3n) is 4.30. The number of carbonyl (C=O) groups excluding carboxylic acids is 2. The van der Waals surface area contributed by atoms with E-state index in [9.17, 15) is 14.0 Å². The normalized spacial score (nSPS) is 11.2. The van der Waals surface area contributed by atoms with Crippen molar-refractivity contribution in [3.8, 4) is 5.75 Å². The molecule has 6 N–H and O–H groups in total. The fraction of sp³-hybridized carbons (Fsp3) is 0.350. The lowest BCUT2D eigenvalue weighted by Gasteiger charge is -2.10. The number of anilines is 1. The number of guanidine groups is 1. The molecular formula is C20H26FN7O3. The maximum absolute atomic E-state index is 13.3.